The molecule has 0 amide bonds. The zero-order valence-corrected chi connectivity index (χ0v) is 17.0. The summed E-state index contributed by atoms with van der Waals surface area (Å²) in [7, 11) is 0. The Kier molecular flexibility index (Phi) is 4.50. The summed E-state index contributed by atoms with van der Waals surface area (Å²) in [5.41, 5.74) is 3.59. The highest BCUT2D eigenvalue weighted by molar-refractivity contribution is 6.10. The maximum atomic E-state index is 14.3. The van der Waals surface area contributed by atoms with Crippen molar-refractivity contribution < 1.29 is 18.7 Å². The van der Waals surface area contributed by atoms with Crippen molar-refractivity contribution in [1.82, 2.24) is 0 Å². The SMILES string of the molecule is CC1(C(=O)O)c2cc(F)ccc2N=C2c3ccc(-c4ccccc4F)cc3CCCC21. The Labute approximate surface area is 179 Å². The second-order valence-corrected chi connectivity index (χ2v) is 8.46. The lowest BCUT2D eigenvalue weighted by Crippen LogP contribution is -2.46. The molecular weight excluding hydrogens is 396 g/mol. The van der Waals surface area contributed by atoms with Crippen LogP contribution in [0.25, 0.3) is 11.1 Å². The van der Waals surface area contributed by atoms with E-state index in [9.17, 15) is 18.7 Å². The van der Waals surface area contributed by atoms with Crippen molar-refractivity contribution in [3.8, 4) is 11.1 Å². The number of halogens is 2. The van der Waals surface area contributed by atoms with Crippen molar-refractivity contribution >= 4 is 17.4 Å². The van der Waals surface area contributed by atoms with Gasteiger partial charge in [0.15, 0.2) is 0 Å². The van der Waals surface area contributed by atoms with Gasteiger partial charge in [0.2, 0.25) is 0 Å². The van der Waals surface area contributed by atoms with Gasteiger partial charge in [0.1, 0.15) is 17.0 Å². The lowest BCUT2D eigenvalue weighted by molar-refractivity contribution is -0.144. The van der Waals surface area contributed by atoms with E-state index in [1.807, 2.05) is 18.2 Å². The van der Waals surface area contributed by atoms with Crippen LogP contribution in [0.1, 0.15) is 36.5 Å². The number of carbonyl (C=O) groups is 1. The number of rotatable bonds is 2. The zero-order valence-electron chi connectivity index (χ0n) is 17.0. The van der Waals surface area contributed by atoms with Gasteiger partial charge < -0.3 is 5.11 Å². The van der Waals surface area contributed by atoms with Gasteiger partial charge in [-0.1, -0.05) is 36.4 Å². The average molecular weight is 417 g/mol. The van der Waals surface area contributed by atoms with Crippen molar-refractivity contribution in [2.45, 2.75) is 31.6 Å². The normalized spacial score (nSPS) is 21.9. The molecule has 2 atom stereocenters. The number of carboxylic acid groups (broad SMARTS) is 1. The molecule has 2 aliphatic rings. The molecule has 0 aromatic heterocycles. The van der Waals surface area contributed by atoms with Crippen LogP contribution >= 0.6 is 0 Å². The van der Waals surface area contributed by atoms with Crippen LogP contribution in [0.15, 0.2) is 65.7 Å². The summed E-state index contributed by atoms with van der Waals surface area (Å²) in [6.45, 7) is 1.67. The van der Waals surface area contributed by atoms with Crippen LogP contribution in [-0.2, 0) is 16.6 Å². The molecule has 0 bridgehead atoms. The van der Waals surface area contributed by atoms with E-state index in [0.29, 0.717) is 23.2 Å². The Morgan fingerprint density at radius 1 is 1.06 bits per heavy atom. The molecule has 5 rings (SSSR count). The van der Waals surface area contributed by atoms with Crippen molar-refractivity contribution in [2.24, 2.45) is 10.9 Å². The highest BCUT2D eigenvalue weighted by Gasteiger charge is 2.50. The number of aliphatic carboxylic acids is 1. The Bertz CT molecular complexity index is 1250. The number of hydrogen-bond donors (Lipinski definition) is 1. The van der Waals surface area contributed by atoms with Gasteiger partial charge in [-0.25, -0.2) is 8.78 Å². The summed E-state index contributed by atoms with van der Waals surface area (Å²) in [5, 5.41) is 10.2. The maximum absolute atomic E-state index is 14.3. The first-order valence-electron chi connectivity index (χ1n) is 10.4. The molecule has 2 unspecified atom stereocenters. The Balaban J connectivity index is 1.71. The number of nitrogens with zero attached hydrogens (tertiary/aromatic N) is 1. The van der Waals surface area contributed by atoms with Gasteiger partial charge in [-0.3, -0.25) is 9.79 Å². The minimum absolute atomic E-state index is 0.279. The van der Waals surface area contributed by atoms with Crippen molar-refractivity contribution in [3.63, 3.8) is 0 Å². The summed E-state index contributed by atoms with van der Waals surface area (Å²) in [6.07, 6.45) is 2.14. The third kappa shape index (κ3) is 2.99. The number of benzene rings is 3. The first-order valence-corrected chi connectivity index (χ1v) is 10.4. The third-order valence-corrected chi connectivity index (χ3v) is 6.74. The first-order chi connectivity index (χ1) is 14.9. The molecule has 0 fully saturated rings. The molecule has 1 aliphatic heterocycles. The van der Waals surface area contributed by atoms with E-state index in [-0.39, 0.29) is 11.7 Å². The molecule has 0 spiro atoms. The minimum Gasteiger partial charge on any atom is -0.481 e. The molecule has 0 radical (unpaired) electrons. The summed E-state index contributed by atoms with van der Waals surface area (Å²) >= 11 is 0. The number of fused-ring (bicyclic) bond motifs is 4. The van der Waals surface area contributed by atoms with Crippen molar-refractivity contribution in [3.05, 3.63) is 89.0 Å². The van der Waals surface area contributed by atoms with Crippen LogP contribution in [0.5, 0.6) is 0 Å². The smallest absolute Gasteiger partial charge is 0.314 e. The average Bonchev–Trinajstić information content (AvgIpc) is 2.94. The fourth-order valence-electron chi connectivity index (χ4n) is 5.04. The fourth-order valence-corrected chi connectivity index (χ4v) is 5.04. The highest BCUT2D eigenvalue weighted by Crippen LogP contribution is 2.48. The van der Waals surface area contributed by atoms with Gasteiger partial charge in [-0.15, -0.1) is 0 Å². The summed E-state index contributed by atoms with van der Waals surface area (Å²) < 4.78 is 28.3. The van der Waals surface area contributed by atoms with Crippen molar-refractivity contribution in [1.29, 1.82) is 0 Å². The zero-order chi connectivity index (χ0) is 21.8. The molecule has 5 heteroatoms. The predicted octanol–water partition coefficient (Wildman–Crippen LogP) is 6.06. The Morgan fingerprint density at radius 3 is 2.65 bits per heavy atom. The van der Waals surface area contributed by atoms with Crippen LogP contribution < -0.4 is 0 Å². The Morgan fingerprint density at radius 2 is 1.87 bits per heavy atom. The van der Waals surface area contributed by atoms with Gasteiger partial charge in [0.05, 0.1) is 11.4 Å². The van der Waals surface area contributed by atoms with Crippen molar-refractivity contribution in [2.75, 3.05) is 0 Å². The van der Waals surface area contributed by atoms with E-state index in [1.54, 1.807) is 31.2 Å². The van der Waals surface area contributed by atoms with Crippen LogP contribution in [0, 0.1) is 17.6 Å². The number of hydrogen-bond acceptors (Lipinski definition) is 2. The second-order valence-electron chi connectivity index (χ2n) is 8.46. The van der Waals surface area contributed by atoms with Gasteiger partial charge in [0.25, 0.3) is 0 Å². The van der Waals surface area contributed by atoms with Crippen LogP contribution in [0.4, 0.5) is 14.5 Å². The predicted molar refractivity (Wildman–Crippen MR) is 116 cm³/mol. The van der Waals surface area contributed by atoms with E-state index in [4.69, 9.17) is 4.99 Å². The van der Waals surface area contributed by atoms with E-state index in [0.717, 1.165) is 35.2 Å². The van der Waals surface area contributed by atoms with Crippen LogP contribution in [-0.4, -0.2) is 16.8 Å². The lowest BCUT2D eigenvalue weighted by atomic mass is 9.65. The van der Waals surface area contributed by atoms with Gasteiger partial charge >= 0.3 is 5.97 Å². The van der Waals surface area contributed by atoms with Gasteiger partial charge in [-0.2, -0.15) is 0 Å². The fraction of sp³-hybridized carbons (Fsp3) is 0.231. The molecule has 3 nitrogen and oxygen atoms in total. The molecule has 3 aromatic carbocycles. The number of aliphatic imine (C=N–C) groups is 1. The molecule has 156 valence electrons. The molecule has 0 saturated heterocycles. The van der Waals surface area contributed by atoms with E-state index in [1.165, 1.54) is 18.2 Å². The monoisotopic (exact) mass is 417 g/mol. The second kappa shape index (κ2) is 7.12. The molecule has 1 heterocycles. The van der Waals surface area contributed by atoms with E-state index < -0.39 is 17.2 Å². The largest absolute Gasteiger partial charge is 0.481 e. The molecule has 1 aliphatic carbocycles. The molecule has 0 saturated carbocycles. The van der Waals surface area contributed by atoms with E-state index in [2.05, 4.69) is 0 Å². The van der Waals surface area contributed by atoms with Crippen LogP contribution in [0.2, 0.25) is 0 Å². The summed E-state index contributed by atoms with van der Waals surface area (Å²) in [6, 6.07) is 16.6. The molecule has 31 heavy (non-hydrogen) atoms. The molecular formula is C26H21F2NO2. The third-order valence-electron chi connectivity index (χ3n) is 6.74. The number of carboxylic acids is 1. The minimum atomic E-state index is -1.28. The molecule has 3 aromatic rings. The molecule has 1 N–H and O–H groups in total. The quantitative estimate of drug-likeness (QED) is 0.551. The van der Waals surface area contributed by atoms with Crippen LogP contribution in [0.3, 0.4) is 0 Å². The maximum Gasteiger partial charge on any atom is 0.314 e. The lowest BCUT2D eigenvalue weighted by Gasteiger charge is -2.39. The number of aryl methyl sites for hydroxylation is 1. The van der Waals surface area contributed by atoms with E-state index >= 15 is 0 Å². The van der Waals surface area contributed by atoms with Gasteiger partial charge in [-0.05, 0) is 72.7 Å². The summed E-state index contributed by atoms with van der Waals surface area (Å²) in [4.78, 5) is 17.3. The van der Waals surface area contributed by atoms with Gasteiger partial charge in [0, 0.05) is 11.5 Å². The highest BCUT2D eigenvalue weighted by atomic mass is 19.1. The topological polar surface area (TPSA) is 49.7 Å². The standard InChI is InChI=1S/C26H21F2NO2/c1-26(25(30)31)20-7-4-5-15-13-16(18-6-2-3-8-22(18)28)9-11-19(15)24(20)29-23-12-10-17(27)14-21(23)26/h2-3,6,8-14,20H,4-5,7H2,1H3,(H,30,31). The summed E-state index contributed by atoms with van der Waals surface area (Å²) in [5.74, 6) is -2.10. The first kappa shape index (κ1) is 19.6. The Hall–Kier alpha value is -3.34.